The van der Waals surface area contributed by atoms with Gasteiger partial charge in [-0.15, -0.1) is 0 Å². The summed E-state index contributed by atoms with van der Waals surface area (Å²) in [4.78, 5) is 10.9. The smallest absolute Gasteiger partial charge is 0.220 e. The van der Waals surface area contributed by atoms with Gasteiger partial charge in [-0.05, 0) is 18.6 Å². The summed E-state index contributed by atoms with van der Waals surface area (Å²) in [7, 11) is 0. The van der Waals surface area contributed by atoms with Crippen molar-refractivity contribution in [2.75, 3.05) is 11.9 Å². The quantitative estimate of drug-likeness (QED) is 0.822. The van der Waals surface area contributed by atoms with Gasteiger partial charge < -0.3 is 10.6 Å². The summed E-state index contributed by atoms with van der Waals surface area (Å²) in [5.74, 6) is -1.20. The molecule has 0 unspecified atom stereocenters. The first-order valence-corrected chi connectivity index (χ1v) is 5.13. The summed E-state index contributed by atoms with van der Waals surface area (Å²) in [6, 6.07) is 3.40. The highest BCUT2D eigenvalue weighted by molar-refractivity contribution is 5.78. The van der Waals surface area contributed by atoms with Gasteiger partial charge >= 0.3 is 0 Å². The Hall–Kier alpha value is -1.65. The fraction of sp³-hybridized carbons (Fsp3) is 0.364. The largest absolute Gasteiger partial charge is 0.381 e. The maximum atomic E-state index is 13.2. The Kier molecular flexibility index (Phi) is 3.03. The molecule has 1 aromatic rings. The zero-order chi connectivity index (χ0) is 11.5. The van der Waals surface area contributed by atoms with E-state index in [-0.39, 0.29) is 17.6 Å². The highest BCUT2D eigenvalue weighted by Crippen LogP contribution is 2.15. The lowest BCUT2D eigenvalue weighted by molar-refractivity contribution is -0.119. The van der Waals surface area contributed by atoms with Gasteiger partial charge in [0.05, 0.1) is 5.69 Å². The van der Waals surface area contributed by atoms with Crippen molar-refractivity contribution in [2.45, 2.75) is 18.9 Å². The Balaban J connectivity index is 1.92. The van der Waals surface area contributed by atoms with Gasteiger partial charge in [-0.2, -0.15) is 0 Å². The molecular weight excluding hydrogens is 214 g/mol. The molecule has 0 bridgehead atoms. The number of hydrogen-bond acceptors (Lipinski definition) is 2. The number of benzene rings is 1. The molecule has 2 rings (SSSR count). The first-order chi connectivity index (χ1) is 7.65. The monoisotopic (exact) mass is 226 g/mol. The molecule has 1 amide bonds. The van der Waals surface area contributed by atoms with E-state index in [4.69, 9.17) is 0 Å². The van der Waals surface area contributed by atoms with E-state index in [9.17, 15) is 13.6 Å². The number of halogens is 2. The van der Waals surface area contributed by atoms with E-state index in [1.165, 1.54) is 12.1 Å². The summed E-state index contributed by atoms with van der Waals surface area (Å²) in [6.07, 6.45) is 1.26. The van der Waals surface area contributed by atoms with Crippen LogP contribution in [-0.4, -0.2) is 18.5 Å². The highest BCUT2D eigenvalue weighted by Gasteiger charge is 2.20. The first kappa shape index (κ1) is 10.9. The van der Waals surface area contributed by atoms with Crippen molar-refractivity contribution in [3.05, 3.63) is 29.8 Å². The molecule has 1 aliphatic rings. The Morgan fingerprint density at radius 1 is 1.44 bits per heavy atom. The molecule has 1 aromatic carbocycles. The topological polar surface area (TPSA) is 41.1 Å². The molecule has 1 atom stereocenters. The SMILES string of the molecule is O=C1CC[C@@H](CNc2ccc(F)cc2F)N1. The second kappa shape index (κ2) is 4.47. The van der Waals surface area contributed by atoms with Crippen molar-refractivity contribution < 1.29 is 13.6 Å². The number of carbonyl (C=O) groups is 1. The molecule has 1 saturated heterocycles. The van der Waals surface area contributed by atoms with Crippen molar-refractivity contribution in [1.82, 2.24) is 5.32 Å². The van der Waals surface area contributed by atoms with Crippen LogP contribution in [0.25, 0.3) is 0 Å². The lowest BCUT2D eigenvalue weighted by Gasteiger charge is -2.12. The molecule has 5 heteroatoms. The van der Waals surface area contributed by atoms with Crippen LogP contribution < -0.4 is 10.6 Å². The molecule has 86 valence electrons. The molecule has 1 fully saturated rings. The van der Waals surface area contributed by atoms with Gasteiger partial charge in [0.1, 0.15) is 11.6 Å². The van der Waals surface area contributed by atoms with Gasteiger partial charge in [0.25, 0.3) is 0 Å². The van der Waals surface area contributed by atoms with Gasteiger partial charge in [0.2, 0.25) is 5.91 Å². The van der Waals surface area contributed by atoms with Gasteiger partial charge in [-0.1, -0.05) is 0 Å². The van der Waals surface area contributed by atoms with Crippen molar-refractivity contribution in [3.63, 3.8) is 0 Å². The van der Waals surface area contributed by atoms with E-state index in [0.717, 1.165) is 12.5 Å². The molecule has 0 aliphatic carbocycles. The maximum absolute atomic E-state index is 13.2. The standard InChI is InChI=1S/C11H12F2N2O/c12-7-1-3-10(9(13)5-7)14-6-8-2-4-11(16)15-8/h1,3,5,8,14H,2,4,6H2,(H,15,16)/t8-/m0/s1. The second-order valence-electron chi connectivity index (χ2n) is 3.81. The molecule has 0 saturated carbocycles. The zero-order valence-corrected chi connectivity index (χ0v) is 8.59. The van der Waals surface area contributed by atoms with Crippen molar-refractivity contribution in [2.24, 2.45) is 0 Å². The van der Waals surface area contributed by atoms with Crippen LogP contribution >= 0.6 is 0 Å². The molecule has 0 spiro atoms. The summed E-state index contributed by atoms with van der Waals surface area (Å²) in [5, 5.41) is 5.60. The molecule has 0 aromatic heterocycles. The van der Waals surface area contributed by atoms with Crippen LogP contribution in [0.3, 0.4) is 0 Å². The Morgan fingerprint density at radius 3 is 2.88 bits per heavy atom. The van der Waals surface area contributed by atoms with Crippen molar-refractivity contribution in [3.8, 4) is 0 Å². The fourth-order valence-electron chi connectivity index (χ4n) is 1.70. The molecule has 3 nitrogen and oxygen atoms in total. The number of amides is 1. The Labute approximate surface area is 91.8 Å². The number of carbonyl (C=O) groups excluding carboxylic acids is 1. The van der Waals surface area contributed by atoms with Crippen LogP contribution in [0, 0.1) is 11.6 Å². The van der Waals surface area contributed by atoms with Crippen LogP contribution in [0.2, 0.25) is 0 Å². The first-order valence-electron chi connectivity index (χ1n) is 5.13. The zero-order valence-electron chi connectivity index (χ0n) is 8.59. The number of anilines is 1. The molecule has 1 aliphatic heterocycles. The third-order valence-electron chi connectivity index (χ3n) is 2.56. The third kappa shape index (κ3) is 2.48. The third-order valence-corrected chi connectivity index (χ3v) is 2.56. The average Bonchev–Trinajstić information content (AvgIpc) is 2.63. The summed E-state index contributed by atoms with van der Waals surface area (Å²) < 4.78 is 25.8. The van der Waals surface area contributed by atoms with E-state index in [0.29, 0.717) is 13.0 Å². The fourth-order valence-corrected chi connectivity index (χ4v) is 1.70. The summed E-state index contributed by atoms with van der Waals surface area (Å²) >= 11 is 0. The minimum Gasteiger partial charge on any atom is -0.381 e. The van der Waals surface area contributed by atoms with Crippen LogP contribution in [0.1, 0.15) is 12.8 Å². The Bertz CT molecular complexity index is 409. The van der Waals surface area contributed by atoms with Gasteiger partial charge in [0, 0.05) is 25.1 Å². The maximum Gasteiger partial charge on any atom is 0.220 e. The van der Waals surface area contributed by atoms with Gasteiger partial charge in [0.15, 0.2) is 0 Å². The van der Waals surface area contributed by atoms with Crippen LogP contribution in [-0.2, 0) is 4.79 Å². The number of nitrogens with one attached hydrogen (secondary N) is 2. The Morgan fingerprint density at radius 2 is 2.25 bits per heavy atom. The second-order valence-corrected chi connectivity index (χ2v) is 3.81. The van der Waals surface area contributed by atoms with Gasteiger partial charge in [-0.3, -0.25) is 4.79 Å². The normalized spacial score (nSPS) is 19.6. The number of rotatable bonds is 3. The summed E-state index contributed by atoms with van der Waals surface area (Å²) in [5.41, 5.74) is 0.252. The minimum absolute atomic E-state index is 0.0198. The van der Waals surface area contributed by atoms with Gasteiger partial charge in [-0.25, -0.2) is 8.78 Å². The van der Waals surface area contributed by atoms with E-state index in [2.05, 4.69) is 10.6 Å². The lowest BCUT2D eigenvalue weighted by Crippen LogP contribution is -2.31. The lowest BCUT2D eigenvalue weighted by atomic mass is 10.2. The van der Waals surface area contributed by atoms with Crippen LogP contribution in [0.4, 0.5) is 14.5 Å². The van der Waals surface area contributed by atoms with Crippen LogP contribution in [0.5, 0.6) is 0 Å². The molecule has 0 radical (unpaired) electrons. The molecular formula is C11H12F2N2O. The average molecular weight is 226 g/mol. The predicted octanol–water partition coefficient (Wildman–Crippen LogP) is 1.66. The molecule has 1 heterocycles. The van der Waals surface area contributed by atoms with E-state index in [1.807, 2.05) is 0 Å². The van der Waals surface area contributed by atoms with Crippen molar-refractivity contribution in [1.29, 1.82) is 0 Å². The predicted molar refractivity (Wildman–Crippen MR) is 56.0 cm³/mol. The highest BCUT2D eigenvalue weighted by atomic mass is 19.1. The summed E-state index contributed by atoms with van der Waals surface area (Å²) in [6.45, 7) is 0.453. The van der Waals surface area contributed by atoms with E-state index in [1.54, 1.807) is 0 Å². The van der Waals surface area contributed by atoms with E-state index >= 15 is 0 Å². The number of hydrogen-bond donors (Lipinski definition) is 2. The van der Waals surface area contributed by atoms with Crippen LogP contribution in [0.15, 0.2) is 18.2 Å². The minimum atomic E-state index is -0.621. The molecule has 16 heavy (non-hydrogen) atoms. The molecule has 2 N–H and O–H groups in total. The van der Waals surface area contributed by atoms with E-state index < -0.39 is 11.6 Å². The van der Waals surface area contributed by atoms with Crippen molar-refractivity contribution >= 4 is 11.6 Å².